The molecule has 2 fully saturated rings. The molecule has 2 aliphatic rings. The largest absolute Gasteiger partial charge is 0.328 e. The van der Waals surface area contributed by atoms with Crippen molar-refractivity contribution in [2.75, 3.05) is 26.2 Å². The van der Waals surface area contributed by atoms with Crippen molar-refractivity contribution in [3.8, 4) is 0 Å². The van der Waals surface area contributed by atoms with E-state index in [1.54, 1.807) is 0 Å². The van der Waals surface area contributed by atoms with Gasteiger partial charge in [0.2, 0.25) is 0 Å². The maximum atomic E-state index is 5.96. The summed E-state index contributed by atoms with van der Waals surface area (Å²) in [6, 6.07) is 2.02. The SMILES string of the molecule is CC(C)N1CCN(C2CCC(N)CC2)CC1. The van der Waals surface area contributed by atoms with Gasteiger partial charge in [-0.2, -0.15) is 0 Å². The van der Waals surface area contributed by atoms with Crippen LogP contribution in [-0.2, 0) is 0 Å². The molecule has 0 radical (unpaired) electrons. The van der Waals surface area contributed by atoms with Gasteiger partial charge in [0.15, 0.2) is 0 Å². The van der Waals surface area contributed by atoms with Crippen LogP contribution >= 0.6 is 0 Å². The highest BCUT2D eigenvalue weighted by atomic mass is 15.3. The van der Waals surface area contributed by atoms with Crippen LogP contribution < -0.4 is 5.73 Å². The van der Waals surface area contributed by atoms with Gasteiger partial charge in [-0.3, -0.25) is 9.80 Å². The lowest BCUT2D eigenvalue weighted by molar-refractivity contribution is 0.0623. The molecular weight excluding hydrogens is 198 g/mol. The number of nitrogens with zero attached hydrogens (tertiary/aromatic N) is 2. The Balaban J connectivity index is 1.76. The first-order valence-corrected chi connectivity index (χ1v) is 6.90. The standard InChI is InChI=1S/C13H27N3/c1-11(2)15-7-9-16(10-8-15)13-5-3-12(14)4-6-13/h11-13H,3-10,14H2,1-2H3. The van der Waals surface area contributed by atoms with Crippen LogP contribution in [-0.4, -0.2) is 54.1 Å². The van der Waals surface area contributed by atoms with E-state index >= 15 is 0 Å². The monoisotopic (exact) mass is 225 g/mol. The Morgan fingerprint density at radius 1 is 0.938 bits per heavy atom. The molecule has 0 aromatic rings. The molecule has 0 unspecified atom stereocenters. The van der Waals surface area contributed by atoms with Gasteiger partial charge in [0.05, 0.1) is 0 Å². The van der Waals surface area contributed by atoms with E-state index in [1.165, 1.54) is 51.9 Å². The molecule has 3 nitrogen and oxygen atoms in total. The zero-order chi connectivity index (χ0) is 11.5. The van der Waals surface area contributed by atoms with Gasteiger partial charge < -0.3 is 5.73 Å². The van der Waals surface area contributed by atoms with Crippen LogP contribution in [0.4, 0.5) is 0 Å². The predicted octanol–water partition coefficient (Wildman–Crippen LogP) is 1.28. The summed E-state index contributed by atoms with van der Waals surface area (Å²) in [5.74, 6) is 0. The normalized spacial score (nSPS) is 34.5. The first kappa shape index (κ1) is 12.3. The molecule has 0 bridgehead atoms. The summed E-state index contributed by atoms with van der Waals surface area (Å²) in [6.07, 6.45) is 5.11. The molecule has 1 aliphatic carbocycles. The second kappa shape index (κ2) is 5.48. The fourth-order valence-corrected chi connectivity index (χ4v) is 3.09. The summed E-state index contributed by atoms with van der Waals surface area (Å²) in [7, 11) is 0. The third-order valence-electron chi connectivity index (χ3n) is 4.34. The first-order chi connectivity index (χ1) is 7.66. The van der Waals surface area contributed by atoms with Crippen LogP contribution in [0.25, 0.3) is 0 Å². The minimum atomic E-state index is 0.480. The average molecular weight is 225 g/mol. The molecule has 1 heterocycles. The topological polar surface area (TPSA) is 32.5 Å². The zero-order valence-electron chi connectivity index (χ0n) is 10.9. The van der Waals surface area contributed by atoms with Gasteiger partial charge in [0.1, 0.15) is 0 Å². The van der Waals surface area contributed by atoms with E-state index in [2.05, 4.69) is 23.6 Å². The lowest BCUT2D eigenvalue weighted by Crippen LogP contribution is -2.53. The molecule has 0 aromatic carbocycles. The summed E-state index contributed by atoms with van der Waals surface area (Å²) in [6.45, 7) is 9.63. The van der Waals surface area contributed by atoms with Gasteiger partial charge >= 0.3 is 0 Å². The molecule has 3 heteroatoms. The van der Waals surface area contributed by atoms with Crippen molar-refractivity contribution in [3.63, 3.8) is 0 Å². The van der Waals surface area contributed by atoms with Crippen molar-refractivity contribution >= 4 is 0 Å². The second-order valence-corrected chi connectivity index (χ2v) is 5.73. The second-order valence-electron chi connectivity index (χ2n) is 5.73. The van der Waals surface area contributed by atoms with E-state index in [-0.39, 0.29) is 0 Å². The number of hydrogen-bond acceptors (Lipinski definition) is 3. The third-order valence-corrected chi connectivity index (χ3v) is 4.34. The molecular formula is C13H27N3. The predicted molar refractivity (Wildman–Crippen MR) is 68.5 cm³/mol. The van der Waals surface area contributed by atoms with Crippen LogP contribution in [0.2, 0.25) is 0 Å². The Kier molecular flexibility index (Phi) is 4.22. The van der Waals surface area contributed by atoms with Crippen molar-refractivity contribution in [3.05, 3.63) is 0 Å². The Labute approximate surface area is 100.0 Å². The van der Waals surface area contributed by atoms with Crippen molar-refractivity contribution in [2.45, 2.75) is 57.7 Å². The van der Waals surface area contributed by atoms with Gasteiger partial charge in [-0.05, 0) is 39.5 Å². The molecule has 16 heavy (non-hydrogen) atoms. The fourth-order valence-electron chi connectivity index (χ4n) is 3.09. The van der Waals surface area contributed by atoms with E-state index in [4.69, 9.17) is 5.73 Å². The maximum Gasteiger partial charge on any atom is 0.0113 e. The highest BCUT2D eigenvalue weighted by Crippen LogP contribution is 2.23. The Morgan fingerprint density at radius 2 is 1.50 bits per heavy atom. The fraction of sp³-hybridized carbons (Fsp3) is 1.00. The van der Waals surface area contributed by atoms with Crippen LogP contribution in [0.1, 0.15) is 39.5 Å². The summed E-state index contributed by atoms with van der Waals surface area (Å²) in [5, 5.41) is 0. The zero-order valence-corrected chi connectivity index (χ0v) is 10.9. The Morgan fingerprint density at radius 3 is 2.00 bits per heavy atom. The van der Waals surface area contributed by atoms with Gasteiger partial charge in [-0.1, -0.05) is 0 Å². The molecule has 1 saturated carbocycles. The van der Waals surface area contributed by atoms with Crippen molar-refractivity contribution < 1.29 is 0 Å². The molecule has 1 aliphatic heterocycles. The molecule has 1 saturated heterocycles. The lowest BCUT2D eigenvalue weighted by Gasteiger charge is -2.42. The summed E-state index contributed by atoms with van der Waals surface area (Å²) >= 11 is 0. The molecule has 0 aromatic heterocycles. The van der Waals surface area contributed by atoms with E-state index < -0.39 is 0 Å². The number of rotatable bonds is 2. The first-order valence-electron chi connectivity index (χ1n) is 6.90. The molecule has 0 amide bonds. The summed E-state index contributed by atoms with van der Waals surface area (Å²) in [4.78, 5) is 5.29. The van der Waals surface area contributed by atoms with Gasteiger partial charge in [0, 0.05) is 44.3 Å². The quantitative estimate of drug-likeness (QED) is 0.768. The van der Waals surface area contributed by atoms with E-state index in [9.17, 15) is 0 Å². The molecule has 0 atom stereocenters. The van der Waals surface area contributed by atoms with Crippen molar-refractivity contribution in [1.82, 2.24) is 9.80 Å². The minimum absolute atomic E-state index is 0.480. The van der Waals surface area contributed by atoms with Crippen LogP contribution in [0, 0.1) is 0 Å². The summed E-state index contributed by atoms with van der Waals surface area (Å²) < 4.78 is 0. The van der Waals surface area contributed by atoms with Gasteiger partial charge in [0.25, 0.3) is 0 Å². The van der Waals surface area contributed by atoms with Crippen LogP contribution in [0.3, 0.4) is 0 Å². The average Bonchev–Trinajstić information content (AvgIpc) is 2.30. The minimum Gasteiger partial charge on any atom is -0.328 e. The highest BCUT2D eigenvalue weighted by molar-refractivity contribution is 4.84. The molecule has 2 N–H and O–H groups in total. The van der Waals surface area contributed by atoms with Gasteiger partial charge in [-0.25, -0.2) is 0 Å². The van der Waals surface area contributed by atoms with E-state index in [0.717, 1.165) is 6.04 Å². The smallest absolute Gasteiger partial charge is 0.0113 e. The van der Waals surface area contributed by atoms with E-state index in [0.29, 0.717) is 12.1 Å². The van der Waals surface area contributed by atoms with Crippen LogP contribution in [0.5, 0.6) is 0 Å². The number of nitrogens with two attached hydrogens (primary N) is 1. The summed E-state index contributed by atoms with van der Waals surface area (Å²) in [5.41, 5.74) is 5.96. The molecule has 94 valence electrons. The molecule has 0 spiro atoms. The number of piperazine rings is 1. The number of hydrogen-bond donors (Lipinski definition) is 1. The lowest BCUT2D eigenvalue weighted by atomic mass is 9.90. The molecule has 2 rings (SSSR count). The van der Waals surface area contributed by atoms with E-state index in [1.807, 2.05) is 0 Å². The Hall–Kier alpha value is -0.120. The third kappa shape index (κ3) is 2.96. The maximum absolute atomic E-state index is 5.96. The van der Waals surface area contributed by atoms with Crippen molar-refractivity contribution in [2.24, 2.45) is 5.73 Å². The van der Waals surface area contributed by atoms with Crippen LogP contribution in [0.15, 0.2) is 0 Å². The van der Waals surface area contributed by atoms with Gasteiger partial charge in [-0.15, -0.1) is 0 Å². The van der Waals surface area contributed by atoms with Crippen molar-refractivity contribution in [1.29, 1.82) is 0 Å². The Bertz CT molecular complexity index is 201. The highest BCUT2D eigenvalue weighted by Gasteiger charge is 2.27.